The first-order valence-electron chi connectivity index (χ1n) is 6.77. The molecule has 1 heterocycles. The van der Waals surface area contributed by atoms with Gasteiger partial charge in [0.15, 0.2) is 0 Å². The maximum atomic E-state index is 12.2. The molecule has 4 heteroatoms. The molecule has 1 aromatic rings. The average molecular weight is 279 g/mol. The van der Waals surface area contributed by atoms with Gasteiger partial charge in [0.05, 0.1) is 5.75 Å². The Morgan fingerprint density at radius 2 is 2.16 bits per heavy atom. The number of carbonyl (C=O) groups is 1. The minimum Gasteiger partial charge on any atom is -0.396 e. The lowest BCUT2D eigenvalue weighted by atomic mass is 10.00. The number of amides is 1. The number of fused-ring (bicyclic) bond motifs is 1. The lowest BCUT2D eigenvalue weighted by Crippen LogP contribution is -2.37. The molecule has 0 bridgehead atoms. The van der Waals surface area contributed by atoms with Crippen molar-refractivity contribution in [3.8, 4) is 0 Å². The summed E-state index contributed by atoms with van der Waals surface area (Å²) >= 11 is 1.63. The molecule has 1 unspecified atom stereocenters. The Bertz CT molecular complexity index is 436. The molecule has 0 spiro atoms. The number of benzene rings is 1. The quantitative estimate of drug-likeness (QED) is 0.897. The van der Waals surface area contributed by atoms with E-state index in [4.69, 9.17) is 5.11 Å². The molecule has 1 aliphatic heterocycles. The van der Waals surface area contributed by atoms with E-state index >= 15 is 0 Å². The number of hydrogen-bond donors (Lipinski definition) is 1. The second-order valence-electron chi connectivity index (χ2n) is 4.97. The Kier molecular flexibility index (Phi) is 5.28. The first-order valence-corrected chi connectivity index (χ1v) is 7.82. The molecular formula is C15H21NO2S. The maximum absolute atomic E-state index is 12.2. The fraction of sp³-hybridized carbons (Fsp3) is 0.533. The predicted molar refractivity (Wildman–Crippen MR) is 79.2 cm³/mol. The van der Waals surface area contributed by atoms with Crippen LogP contribution in [0, 0.1) is 0 Å². The summed E-state index contributed by atoms with van der Waals surface area (Å²) < 4.78 is 0. The molecule has 1 N–H and O–H groups in total. The van der Waals surface area contributed by atoms with Crippen molar-refractivity contribution in [3.05, 3.63) is 35.4 Å². The van der Waals surface area contributed by atoms with Crippen molar-refractivity contribution < 1.29 is 9.90 Å². The van der Waals surface area contributed by atoms with E-state index < -0.39 is 0 Å². The molecule has 104 valence electrons. The topological polar surface area (TPSA) is 40.5 Å². The van der Waals surface area contributed by atoms with E-state index in [2.05, 4.69) is 25.1 Å². The van der Waals surface area contributed by atoms with Gasteiger partial charge in [-0.05, 0) is 24.0 Å². The van der Waals surface area contributed by atoms with Gasteiger partial charge in [-0.25, -0.2) is 0 Å². The minimum atomic E-state index is 0.194. The predicted octanol–water partition coefficient (Wildman–Crippen LogP) is 2.08. The van der Waals surface area contributed by atoms with E-state index in [-0.39, 0.29) is 12.5 Å². The third-order valence-corrected chi connectivity index (χ3v) is 4.73. The molecule has 0 aromatic heterocycles. The van der Waals surface area contributed by atoms with E-state index in [0.717, 1.165) is 25.9 Å². The van der Waals surface area contributed by atoms with Gasteiger partial charge < -0.3 is 10.0 Å². The van der Waals surface area contributed by atoms with Crippen LogP contribution in [0.5, 0.6) is 0 Å². The fourth-order valence-corrected chi connectivity index (χ4v) is 3.16. The van der Waals surface area contributed by atoms with Crippen molar-refractivity contribution in [1.82, 2.24) is 4.90 Å². The number of rotatable bonds is 5. The molecular weight excluding hydrogens is 258 g/mol. The Labute approximate surface area is 119 Å². The molecule has 1 amide bonds. The van der Waals surface area contributed by atoms with Crippen LogP contribution in [0.1, 0.15) is 24.5 Å². The molecule has 2 rings (SSSR count). The normalized spacial score (nSPS) is 16.0. The highest BCUT2D eigenvalue weighted by atomic mass is 32.2. The summed E-state index contributed by atoms with van der Waals surface area (Å²) in [4.78, 5) is 14.1. The molecule has 1 aliphatic rings. The van der Waals surface area contributed by atoms with E-state index in [9.17, 15) is 4.79 Å². The van der Waals surface area contributed by atoms with Gasteiger partial charge in [0.2, 0.25) is 5.91 Å². The molecule has 0 saturated heterocycles. The second-order valence-corrected chi connectivity index (χ2v) is 6.39. The standard InChI is InChI=1S/C15H21NO2S/c1-12(7-9-17)19-11-15(18)16-8-6-13-4-2-3-5-14(13)10-16/h2-5,12,17H,6-11H2,1H3. The summed E-state index contributed by atoms with van der Waals surface area (Å²) in [7, 11) is 0. The van der Waals surface area contributed by atoms with Gasteiger partial charge in [-0.15, -0.1) is 11.8 Å². The summed E-state index contributed by atoms with van der Waals surface area (Å²) in [5.74, 6) is 0.730. The lowest BCUT2D eigenvalue weighted by molar-refractivity contribution is -0.129. The summed E-state index contributed by atoms with van der Waals surface area (Å²) in [5.41, 5.74) is 2.64. The third-order valence-electron chi connectivity index (χ3n) is 3.51. The zero-order valence-electron chi connectivity index (χ0n) is 11.3. The highest BCUT2D eigenvalue weighted by molar-refractivity contribution is 8.00. The van der Waals surface area contributed by atoms with Crippen LogP contribution in [0.4, 0.5) is 0 Å². The number of aliphatic hydroxyl groups is 1. The number of aliphatic hydroxyl groups excluding tert-OH is 1. The summed E-state index contributed by atoms with van der Waals surface area (Å²) in [6.45, 7) is 3.81. The molecule has 1 aromatic carbocycles. The molecule has 3 nitrogen and oxygen atoms in total. The van der Waals surface area contributed by atoms with Crippen LogP contribution < -0.4 is 0 Å². The Morgan fingerprint density at radius 3 is 2.89 bits per heavy atom. The van der Waals surface area contributed by atoms with Gasteiger partial charge >= 0.3 is 0 Å². The summed E-state index contributed by atoms with van der Waals surface area (Å²) in [5, 5.41) is 9.19. The number of nitrogens with zero attached hydrogens (tertiary/aromatic N) is 1. The number of hydrogen-bond acceptors (Lipinski definition) is 3. The second kappa shape index (κ2) is 6.96. The SMILES string of the molecule is CC(CCO)SCC(=O)N1CCc2ccccc2C1. The lowest BCUT2D eigenvalue weighted by Gasteiger charge is -2.29. The first kappa shape index (κ1) is 14.4. The van der Waals surface area contributed by atoms with Gasteiger partial charge in [0.25, 0.3) is 0 Å². The minimum absolute atomic E-state index is 0.194. The number of carbonyl (C=O) groups excluding carboxylic acids is 1. The average Bonchev–Trinajstić information content (AvgIpc) is 2.44. The largest absolute Gasteiger partial charge is 0.396 e. The van der Waals surface area contributed by atoms with Crippen molar-refractivity contribution in [3.63, 3.8) is 0 Å². The zero-order chi connectivity index (χ0) is 13.7. The zero-order valence-corrected chi connectivity index (χ0v) is 12.2. The molecule has 0 saturated carbocycles. The summed E-state index contributed by atoms with van der Waals surface area (Å²) in [6.07, 6.45) is 1.71. The van der Waals surface area contributed by atoms with Gasteiger partial charge in [-0.3, -0.25) is 4.79 Å². The molecule has 0 aliphatic carbocycles. The highest BCUT2D eigenvalue weighted by Crippen LogP contribution is 2.20. The fourth-order valence-electron chi connectivity index (χ4n) is 2.28. The van der Waals surface area contributed by atoms with E-state index in [1.165, 1.54) is 11.1 Å². The Morgan fingerprint density at radius 1 is 1.42 bits per heavy atom. The van der Waals surface area contributed by atoms with Crippen LogP contribution in [-0.4, -0.2) is 40.1 Å². The van der Waals surface area contributed by atoms with Crippen molar-refractivity contribution in [2.45, 2.75) is 31.6 Å². The molecule has 19 heavy (non-hydrogen) atoms. The van der Waals surface area contributed by atoms with Crippen molar-refractivity contribution >= 4 is 17.7 Å². The van der Waals surface area contributed by atoms with Gasteiger partial charge in [-0.2, -0.15) is 0 Å². The smallest absolute Gasteiger partial charge is 0.232 e. The van der Waals surface area contributed by atoms with Crippen LogP contribution in [0.25, 0.3) is 0 Å². The van der Waals surface area contributed by atoms with E-state index in [1.807, 2.05) is 11.0 Å². The Balaban J connectivity index is 1.85. The van der Waals surface area contributed by atoms with Gasteiger partial charge in [0, 0.05) is 24.9 Å². The maximum Gasteiger partial charge on any atom is 0.232 e. The first-order chi connectivity index (χ1) is 9.20. The third kappa shape index (κ3) is 3.98. The van der Waals surface area contributed by atoms with Crippen LogP contribution >= 0.6 is 11.8 Å². The van der Waals surface area contributed by atoms with Crippen LogP contribution in [-0.2, 0) is 17.8 Å². The number of thioether (sulfide) groups is 1. The van der Waals surface area contributed by atoms with E-state index in [1.54, 1.807) is 11.8 Å². The molecule has 0 fully saturated rings. The summed E-state index contributed by atoms with van der Waals surface area (Å²) in [6, 6.07) is 8.35. The van der Waals surface area contributed by atoms with Crippen LogP contribution in [0.3, 0.4) is 0 Å². The monoisotopic (exact) mass is 279 g/mol. The van der Waals surface area contributed by atoms with Crippen molar-refractivity contribution in [2.24, 2.45) is 0 Å². The Hall–Kier alpha value is -1.00. The van der Waals surface area contributed by atoms with Crippen molar-refractivity contribution in [1.29, 1.82) is 0 Å². The van der Waals surface area contributed by atoms with Crippen LogP contribution in [0.15, 0.2) is 24.3 Å². The van der Waals surface area contributed by atoms with E-state index in [0.29, 0.717) is 11.0 Å². The van der Waals surface area contributed by atoms with Crippen molar-refractivity contribution in [2.75, 3.05) is 18.9 Å². The van der Waals surface area contributed by atoms with Crippen LogP contribution in [0.2, 0.25) is 0 Å². The molecule has 0 radical (unpaired) electrons. The molecule has 1 atom stereocenters. The van der Waals surface area contributed by atoms with Gasteiger partial charge in [0.1, 0.15) is 0 Å². The highest BCUT2D eigenvalue weighted by Gasteiger charge is 2.20. The van der Waals surface area contributed by atoms with Gasteiger partial charge in [-0.1, -0.05) is 31.2 Å².